The van der Waals surface area contributed by atoms with Gasteiger partial charge in [-0.2, -0.15) is 13.2 Å². The number of halogens is 6. The Labute approximate surface area is 226 Å². The number of aromatic nitrogens is 1. The Bertz CT molecular complexity index is 1380. The summed E-state index contributed by atoms with van der Waals surface area (Å²) in [4.78, 5) is 18.1. The first-order valence-electron chi connectivity index (χ1n) is 13.0. The Morgan fingerprint density at radius 2 is 1.82 bits per heavy atom. The number of nitrogens with zero attached hydrogens (tertiary/aromatic N) is 2. The van der Waals surface area contributed by atoms with Gasteiger partial charge >= 0.3 is 12.1 Å². The number of benzene rings is 2. The van der Waals surface area contributed by atoms with Crippen LogP contribution >= 0.6 is 0 Å². The van der Waals surface area contributed by atoms with Crippen molar-refractivity contribution in [3.63, 3.8) is 0 Å². The highest BCUT2D eigenvalue weighted by Crippen LogP contribution is 2.44. The van der Waals surface area contributed by atoms with Crippen LogP contribution in [0.3, 0.4) is 0 Å². The zero-order valence-corrected chi connectivity index (χ0v) is 22.0. The zero-order valence-electron chi connectivity index (χ0n) is 22.0. The number of ether oxygens (including phenoxy) is 2. The van der Waals surface area contributed by atoms with Crippen LogP contribution in [0.5, 0.6) is 5.75 Å². The van der Waals surface area contributed by atoms with Crippen LogP contribution in [-0.4, -0.2) is 79.0 Å². The molecule has 1 aromatic heterocycles. The van der Waals surface area contributed by atoms with E-state index in [-0.39, 0.29) is 29.5 Å². The van der Waals surface area contributed by atoms with Gasteiger partial charge in [0.1, 0.15) is 23.5 Å². The molecule has 216 valence electrons. The Balaban J connectivity index is 1.53. The lowest BCUT2D eigenvalue weighted by Gasteiger charge is -2.41. The summed E-state index contributed by atoms with van der Waals surface area (Å²) in [6, 6.07) is 4.56. The Kier molecular flexibility index (Phi) is 7.75. The molecule has 2 aliphatic heterocycles. The maximum atomic E-state index is 15.7. The van der Waals surface area contributed by atoms with Crippen LogP contribution in [0.1, 0.15) is 46.6 Å². The smallest absolute Gasteiger partial charge is 0.401 e. The number of carbonyl (C=O) groups is 1. The summed E-state index contributed by atoms with van der Waals surface area (Å²) in [5.41, 5.74) is 1.01. The molecule has 0 saturated carbocycles. The second kappa shape index (κ2) is 11.0. The van der Waals surface area contributed by atoms with E-state index in [9.17, 15) is 22.4 Å². The topological polar surface area (TPSA) is 57.8 Å². The number of methoxy groups -OCH3 is 1. The van der Waals surface area contributed by atoms with Crippen LogP contribution < -0.4 is 4.74 Å². The molecule has 2 aliphatic rings. The fourth-order valence-corrected chi connectivity index (χ4v) is 5.72. The van der Waals surface area contributed by atoms with E-state index in [2.05, 4.69) is 4.98 Å². The van der Waals surface area contributed by atoms with Crippen molar-refractivity contribution in [2.24, 2.45) is 0 Å². The Morgan fingerprint density at radius 3 is 2.45 bits per heavy atom. The van der Waals surface area contributed by atoms with Crippen molar-refractivity contribution in [2.75, 3.05) is 40.0 Å². The lowest BCUT2D eigenvalue weighted by molar-refractivity contribution is -0.155. The van der Waals surface area contributed by atoms with E-state index in [0.29, 0.717) is 42.5 Å². The van der Waals surface area contributed by atoms with Gasteiger partial charge in [0.25, 0.3) is 0 Å². The van der Waals surface area contributed by atoms with Crippen LogP contribution in [0, 0.1) is 11.6 Å². The molecule has 0 radical (unpaired) electrons. The molecule has 1 N–H and O–H groups in total. The second-order valence-electron chi connectivity index (χ2n) is 10.4. The SMILES string of the molecule is COC(=O)c1ccc2c3c([nH]c2c1)[C@@H](c1c(F)cc(OC2CN(CCCF)C2)cc1F)N(CC(F)(F)F)[C@H](C)C3. The number of carbonyl (C=O) groups excluding carboxylic acids is 1. The molecule has 0 aliphatic carbocycles. The molecule has 0 amide bonds. The van der Waals surface area contributed by atoms with E-state index >= 15 is 8.78 Å². The van der Waals surface area contributed by atoms with Crippen LogP contribution in [-0.2, 0) is 11.2 Å². The van der Waals surface area contributed by atoms with Crippen LogP contribution in [0.4, 0.5) is 26.3 Å². The number of H-pyrrole nitrogens is 1. The Hall–Kier alpha value is -3.25. The van der Waals surface area contributed by atoms with Gasteiger partial charge in [-0.05, 0) is 37.5 Å². The molecule has 0 spiro atoms. The number of fused-ring (bicyclic) bond motifs is 3. The summed E-state index contributed by atoms with van der Waals surface area (Å²) in [5.74, 6) is -2.73. The van der Waals surface area contributed by atoms with Crippen molar-refractivity contribution in [1.29, 1.82) is 0 Å². The van der Waals surface area contributed by atoms with Gasteiger partial charge in [0.2, 0.25) is 0 Å². The summed E-state index contributed by atoms with van der Waals surface area (Å²) in [5, 5.41) is 0.647. The minimum atomic E-state index is -4.62. The molecule has 0 unspecified atom stereocenters. The minimum absolute atomic E-state index is 0.0697. The number of likely N-dealkylation sites (tertiary alicyclic amines) is 1. The number of nitrogens with one attached hydrogen (secondary N) is 1. The molecule has 3 heterocycles. The molecular weight excluding hydrogens is 540 g/mol. The highest BCUT2D eigenvalue weighted by molar-refractivity contribution is 5.96. The fourth-order valence-electron chi connectivity index (χ4n) is 5.72. The summed E-state index contributed by atoms with van der Waals surface area (Å²) in [6.07, 6.45) is -4.36. The summed E-state index contributed by atoms with van der Waals surface area (Å²) >= 11 is 0. The predicted molar refractivity (Wildman–Crippen MR) is 135 cm³/mol. The van der Waals surface area contributed by atoms with Gasteiger partial charge in [-0.1, -0.05) is 6.07 Å². The molecule has 6 nitrogen and oxygen atoms in total. The van der Waals surface area contributed by atoms with Crippen LogP contribution in [0.25, 0.3) is 10.9 Å². The predicted octanol–water partition coefficient (Wildman–Crippen LogP) is 5.55. The van der Waals surface area contributed by atoms with E-state index < -0.39 is 54.6 Å². The molecule has 2 atom stereocenters. The highest BCUT2D eigenvalue weighted by Gasteiger charge is 2.44. The summed E-state index contributed by atoms with van der Waals surface area (Å²) < 4.78 is 95.2. The standard InChI is InChI=1S/C28H29F6N3O3/c1-15-8-20-19-5-4-16(27(38)39-2)9-23(19)35-25(20)26(37(15)14-28(32,33)34)24-21(30)10-17(11-22(24)31)40-18-12-36(13-18)7-3-6-29/h4-5,9-11,15,18,26,35H,3,6-8,12-14H2,1-2H3/t15-,26-/m1/s1. The van der Waals surface area contributed by atoms with Gasteiger partial charge in [0, 0.05) is 60.0 Å². The van der Waals surface area contributed by atoms with Crippen molar-refractivity contribution in [3.8, 4) is 5.75 Å². The quantitative estimate of drug-likeness (QED) is 0.285. The van der Waals surface area contributed by atoms with Crippen LogP contribution in [0.2, 0.25) is 0 Å². The average molecular weight is 570 g/mol. The number of hydrogen-bond donors (Lipinski definition) is 1. The number of aromatic amines is 1. The van der Waals surface area contributed by atoms with Gasteiger partial charge in [-0.25, -0.2) is 13.6 Å². The highest BCUT2D eigenvalue weighted by atomic mass is 19.4. The Morgan fingerprint density at radius 1 is 1.12 bits per heavy atom. The minimum Gasteiger partial charge on any atom is -0.488 e. The molecule has 0 bridgehead atoms. The molecular formula is C28H29F6N3O3. The van der Waals surface area contributed by atoms with Gasteiger partial charge in [0.05, 0.1) is 31.9 Å². The first-order chi connectivity index (χ1) is 19.0. The first-order valence-corrected chi connectivity index (χ1v) is 13.0. The number of alkyl halides is 4. The fraction of sp³-hybridized carbons (Fsp3) is 0.464. The molecule has 2 aromatic carbocycles. The zero-order chi connectivity index (χ0) is 28.8. The maximum absolute atomic E-state index is 15.7. The van der Waals surface area contributed by atoms with E-state index in [1.54, 1.807) is 13.0 Å². The van der Waals surface area contributed by atoms with Crippen molar-refractivity contribution >= 4 is 16.9 Å². The lowest BCUT2D eigenvalue weighted by Crippen LogP contribution is -2.53. The monoisotopic (exact) mass is 569 g/mol. The number of esters is 1. The summed E-state index contributed by atoms with van der Waals surface area (Å²) in [6.45, 7) is 1.29. The third-order valence-corrected chi connectivity index (χ3v) is 7.55. The van der Waals surface area contributed by atoms with Crippen molar-refractivity contribution in [1.82, 2.24) is 14.8 Å². The van der Waals surface area contributed by atoms with Crippen molar-refractivity contribution < 1.29 is 40.6 Å². The maximum Gasteiger partial charge on any atom is 0.401 e. The van der Waals surface area contributed by atoms with Crippen molar-refractivity contribution in [3.05, 3.63) is 64.4 Å². The second-order valence-corrected chi connectivity index (χ2v) is 10.4. The molecule has 1 saturated heterocycles. The average Bonchev–Trinajstić information content (AvgIpc) is 3.22. The van der Waals surface area contributed by atoms with E-state index in [1.807, 2.05) is 4.90 Å². The van der Waals surface area contributed by atoms with Gasteiger partial charge in [-0.15, -0.1) is 0 Å². The molecule has 40 heavy (non-hydrogen) atoms. The molecule has 5 rings (SSSR count). The third kappa shape index (κ3) is 5.51. The van der Waals surface area contributed by atoms with E-state index in [1.165, 1.54) is 19.2 Å². The number of hydrogen-bond acceptors (Lipinski definition) is 5. The summed E-state index contributed by atoms with van der Waals surface area (Å²) in [7, 11) is 1.23. The molecule has 1 fully saturated rings. The van der Waals surface area contributed by atoms with E-state index in [0.717, 1.165) is 17.0 Å². The number of rotatable bonds is 8. The van der Waals surface area contributed by atoms with Gasteiger partial charge in [0.15, 0.2) is 0 Å². The van der Waals surface area contributed by atoms with Crippen molar-refractivity contribution in [2.45, 2.75) is 44.1 Å². The van der Waals surface area contributed by atoms with Gasteiger partial charge < -0.3 is 14.5 Å². The normalized spacial score (nSPS) is 20.4. The lowest BCUT2D eigenvalue weighted by atomic mass is 9.88. The van der Waals surface area contributed by atoms with E-state index in [4.69, 9.17) is 9.47 Å². The van der Waals surface area contributed by atoms with Crippen LogP contribution in [0.15, 0.2) is 30.3 Å². The first kappa shape index (κ1) is 28.3. The largest absolute Gasteiger partial charge is 0.488 e. The third-order valence-electron chi connectivity index (χ3n) is 7.55. The molecule has 12 heteroatoms. The van der Waals surface area contributed by atoms with Gasteiger partial charge in [-0.3, -0.25) is 14.2 Å². The molecule has 3 aromatic rings.